The predicted molar refractivity (Wildman–Crippen MR) is 117 cm³/mol. The highest BCUT2D eigenvalue weighted by molar-refractivity contribution is 5.94. The molecule has 150 valence electrons. The number of H-pyrrole nitrogens is 1. The number of para-hydroxylation sites is 3. The summed E-state index contributed by atoms with van der Waals surface area (Å²) >= 11 is 0. The van der Waals surface area contributed by atoms with E-state index in [4.69, 9.17) is 9.72 Å². The first-order valence-corrected chi connectivity index (χ1v) is 10.3. The summed E-state index contributed by atoms with van der Waals surface area (Å²) in [5.74, 6) is 2.98. The minimum absolute atomic E-state index is 0.0734. The highest BCUT2D eigenvalue weighted by Crippen LogP contribution is 2.29. The number of carbonyl (C=O) groups excluding carboxylic acids is 1. The van der Waals surface area contributed by atoms with Gasteiger partial charge in [0.2, 0.25) is 0 Å². The number of piperidine rings is 1. The number of likely N-dealkylation sites (tertiary alicyclic amines) is 1. The van der Waals surface area contributed by atoms with Crippen molar-refractivity contribution in [2.75, 3.05) is 13.1 Å². The van der Waals surface area contributed by atoms with Crippen LogP contribution < -0.4 is 4.74 Å². The molecule has 30 heavy (non-hydrogen) atoms. The molecule has 1 aliphatic rings. The lowest BCUT2D eigenvalue weighted by atomic mass is 9.95. The number of rotatable bonds is 4. The van der Waals surface area contributed by atoms with Crippen molar-refractivity contribution in [1.29, 1.82) is 0 Å². The fraction of sp³-hybridized carbons (Fsp3) is 0.200. The van der Waals surface area contributed by atoms with Gasteiger partial charge in [0.1, 0.15) is 17.3 Å². The summed E-state index contributed by atoms with van der Waals surface area (Å²) in [5, 5.41) is 0. The van der Waals surface area contributed by atoms with E-state index in [0.29, 0.717) is 11.5 Å². The van der Waals surface area contributed by atoms with E-state index in [1.165, 1.54) is 0 Å². The molecule has 4 aromatic rings. The molecule has 0 radical (unpaired) electrons. The summed E-state index contributed by atoms with van der Waals surface area (Å²) in [6.45, 7) is 1.48. The van der Waals surface area contributed by atoms with Gasteiger partial charge in [0.15, 0.2) is 0 Å². The lowest BCUT2D eigenvalue weighted by Gasteiger charge is -2.31. The molecule has 0 spiro atoms. The van der Waals surface area contributed by atoms with Crippen molar-refractivity contribution in [3.8, 4) is 11.5 Å². The van der Waals surface area contributed by atoms with Crippen LogP contribution in [0.5, 0.6) is 11.5 Å². The molecule has 0 atom stereocenters. The van der Waals surface area contributed by atoms with Gasteiger partial charge in [-0.1, -0.05) is 30.3 Å². The summed E-state index contributed by atoms with van der Waals surface area (Å²) in [4.78, 5) is 23.0. The number of aromatic amines is 1. The number of nitrogens with one attached hydrogen (secondary N) is 1. The Labute approximate surface area is 175 Å². The molecule has 0 aliphatic carbocycles. The molecule has 3 aromatic carbocycles. The largest absolute Gasteiger partial charge is 0.457 e. The Bertz CT molecular complexity index is 1110. The first kappa shape index (κ1) is 18.4. The van der Waals surface area contributed by atoms with Gasteiger partial charge >= 0.3 is 0 Å². The average Bonchev–Trinajstić information content (AvgIpc) is 3.24. The van der Waals surface area contributed by atoms with E-state index in [1.54, 1.807) is 0 Å². The van der Waals surface area contributed by atoms with Gasteiger partial charge in [0.25, 0.3) is 5.91 Å². The van der Waals surface area contributed by atoms with E-state index >= 15 is 0 Å². The first-order chi connectivity index (χ1) is 14.8. The number of nitrogens with zero attached hydrogens (tertiary/aromatic N) is 2. The van der Waals surface area contributed by atoms with Gasteiger partial charge < -0.3 is 14.6 Å². The van der Waals surface area contributed by atoms with E-state index in [1.807, 2.05) is 77.7 Å². The maximum absolute atomic E-state index is 12.9. The van der Waals surface area contributed by atoms with Gasteiger partial charge in [-0.05, 0) is 61.4 Å². The molecular weight excluding hydrogens is 374 g/mol. The molecule has 0 unspecified atom stereocenters. The van der Waals surface area contributed by atoms with Crippen molar-refractivity contribution in [2.45, 2.75) is 18.8 Å². The molecular formula is C25H23N3O2. The molecule has 1 aliphatic heterocycles. The monoisotopic (exact) mass is 397 g/mol. The maximum Gasteiger partial charge on any atom is 0.253 e. The van der Waals surface area contributed by atoms with E-state index in [9.17, 15) is 4.79 Å². The number of amides is 1. The molecule has 1 fully saturated rings. The summed E-state index contributed by atoms with van der Waals surface area (Å²) in [7, 11) is 0. The lowest BCUT2D eigenvalue weighted by Crippen LogP contribution is -2.38. The quantitative estimate of drug-likeness (QED) is 0.503. The topological polar surface area (TPSA) is 58.2 Å². The van der Waals surface area contributed by atoms with Crippen LogP contribution in [0.25, 0.3) is 11.0 Å². The number of ether oxygens (including phenoxy) is 1. The Balaban J connectivity index is 1.21. The van der Waals surface area contributed by atoms with Crippen LogP contribution in [0.15, 0.2) is 78.9 Å². The van der Waals surface area contributed by atoms with Crippen LogP contribution in [0.2, 0.25) is 0 Å². The zero-order valence-corrected chi connectivity index (χ0v) is 16.6. The fourth-order valence-corrected chi connectivity index (χ4v) is 3.99. The van der Waals surface area contributed by atoms with Gasteiger partial charge in [-0.2, -0.15) is 0 Å². The average molecular weight is 397 g/mol. The van der Waals surface area contributed by atoms with Crippen LogP contribution >= 0.6 is 0 Å². The minimum Gasteiger partial charge on any atom is -0.457 e. The summed E-state index contributed by atoms with van der Waals surface area (Å²) in [6, 6.07) is 25.1. The molecule has 5 heteroatoms. The predicted octanol–water partition coefficient (Wildman–Crippen LogP) is 5.38. The molecule has 0 bridgehead atoms. The van der Waals surface area contributed by atoms with Crippen LogP contribution in [0.1, 0.15) is 34.9 Å². The zero-order valence-electron chi connectivity index (χ0n) is 16.6. The number of benzene rings is 3. The smallest absolute Gasteiger partial charge is 0.253 e. The van der Waals surface area contributed by atoms with Crippen LogP contribution in [0, 0.1) is 0 Å². The third-order valence-electron chi connectivity index (χ3n) is 5.66. The second-order valence-electron chi connectivity index (χ2n) is 7.65. The van der Waals surface area contributed by atoms with Crippen LogP contribution in [-0.2, 0) is 0 Å². The lowest BCUT2D eigenvalue weighted by molar-refractivity contribution is 0.0711. The number of imidazole rings is 1. The van der Waals surface area contributed by atoms with Crippen molar-refractivity contribution in [1.82, 2.24) is 14.9 Å². The Morgan fingerprint density at radius 1 is 0.867 bits per heavy atom. The Morgan fingerprint density at radius 2 is 1.53 bits per heavy atom. The third kappa shape index (κ3) is 3.79. The van der Waals surface area contributed by atoms with Gasteiger partial charge in [0.05, 0.1) is 11.0 Å². The minimum atomic E-state index is 0.0734. The Hall–Kier alpha value is -3.60. The van der Waals surface area contributed by atoms with Gasteiger partial charge in [-0.25, -0.2) is 4.98 Å². The van der Waals surface area contributed by atoms with Crippen molar-refractivity contribution in [2.24, 2.45) is 0 Å². The van der Waals surface area contributed by atoms with Crippen molar-refractivity contribution in [3.05, 3.63) is 90.3 Å². The molecule has 2 heterocycles. The summed E-state index contributed by atoms with van der Waals surface area (Å²) < 4.78 is 5.81. The van der Waals surface area contributed by atoms with Crippen LogP contribution in [-0.4, -0.2) is 33.9 Å². The third-order valence-corrected chi connectivity index (χ3v) is 5.66. The first-order valence-electron chi connectivity index (χ1n) is 10.3. The highest BCUT2D eigenvalue weighted by atomic mass is 16.5. The number of hydrogen-bond donors (Lipinski definition) is 1. The second kappa shape index (κ2) is 8.03. The molecule has 1 N–H and O–H groups in total. The molecule has 1 saturated heterocycles. The van der Waals surface area contributed by atoms with Crippen molar-refractivity contribution < 1.29 is 9.53 Å². The Morgan fingerprint density at radius 3 is 2.27 bits per heavy atom. The molecule has 5 nitrogen and oxygen atoms in total. The number of fused-ring (bicyclic) bond motifs is 1. The molecule has 1 amide bonds. The van der Waals surface area contributed by atoms with Crippen molar-refractivity contribution >= 4 is 16.9 Å². The van der Waals surface area contributed by atoms with E-state index in [2.05, 4.69) is 11.1 Å². The van der Waals surface area contributed by atoms with Gasteiger partial charge in [-0.3, -0.25) is 4.79 Å². The van der Waals surface area contributed by atoms with Gasteiger partial charge in [0, 0.05) is 24.6 Å². The van der Waals surface area contributed by atoms with Gasteiger partial charge in [-0.15, -0.1) is 0 Å². The van der Waals surface area contributed by atoms with Crippen LogP contribution in [0.4, 0.5) is 0 Å². The highest BCUT2D eigenvalue weighted by Gasteiger charge is 2.26. The number of aromatic nitrogens is 2. The molecule has 1 aromatic heterocycles. The van der Waals surface area contributed by atoms with E-state index < -0.39 is 0 Å². The van der Waals surface area contributed by atoms with E-state index in [0.717, 1.165) is 54.3 Å². The zero-order chi connectivity index (χ0) is 20.3. The normalized spacial score (nSPS) is 14.7. The van der Waals surface area contributed by atoms with Crippen LogP contribution in [0.3, 0.4) is 0 Å². The maximum atomic E-state index is 12.9. The number of hydrogen-bond acceptors (Lipinski definition) is 3. The summed E-state index contributed by atoms with van der Waals surface area (Å²) in [6.07, 6.45) is 1.83. The standard InChI is InChI=1S/C25H23N3O2/c29-25(19-10-12-21(13-11-19)30-20-6-2-1-3-7-20)28-16-14-18(15-17-28)24-26-22-8-4-5-9-23(22)27-24/h1-13,18H,14-17H2,(H,26,27). The molecule has 0 saturated carbocycles. The van der Waals surface area contributed by atoms with E-state index in [-0.39, 0.29) is 5.91 Å². The second-order valence-corrected chi connectivity index (χ2v) is 7.65. The van der Waals surface area contributed by atoms with Crippen molar-refractivity contribution in [3.63, 3.8) is 0 Å². The number of carbonyl (C=O) groups is 1. The SMILES string of the molecule is O=C(c1ccc(Oc2ccccc2)cc1)N1CCC(c2nc3ccccc3[nH]2)CC1. The summed E-state index contributed by atoms with van der Waals surface area (Å²) in [5.41, 5.74) is 2.77. The fourth-order valence-electron chi connectivity index (χ4n) is 3.99. The Kier molecular flexibility index (Phi) is 4.93. The molecule has 5 rings (SSSR count).